The van der Waals surface area contributed by atoms with Crippen molar-refractivity contribution in [3.8, 4) is 5.75 Å². The summed E-state index contributed by atoms with van der Waals surface area (Å²) in [4.78, 5) is 17.1. The van der Waals surface area contributed by atoms with Gasteiger partial charge in [-0.15, -0.1) is 0 Å². The maximum Gasteiger partial charge on any atom is 0.240 e. The van der Waals surface area contributed by atoms with Gasteiger partial charge in [0.25, 0.3) is 0 Å². The monoisotopic (exact) mass is 503 g/mol. The van der Waals surface area contributed by atoms with E-state index in [1.807, 2.05) is 13.8 Å². The number of hydrogen-bond donors (Lipinski definition) is 1. The van der Waals surface area contributed by atoms with Gasteiger partial charge in [-0.2, -0.15) is 4.98 Å². The van der Waals surface area contributed by atoms with Gasteiger partial charge in [-0.05, 0) is 11.6 Å². The van der Waals surface area contributed by atoms with Crippen molar-refractivity contribution in [3.63, 3.8) is 0 Å². The van der Waals surface area contributed by atoms with E-state index in [1.54, 1.807) is 17.3 Å². The molecule has 0 radical (unpaired) electrons. The Morgan fingerprint density at radius 1 is 1.06 bits per heavy atom. The highest BCUT2D eigenvalue weighted by atomic mass is 19.2. The summed E-state index contributed by atoms with van der Waals surface area (Å²) in [5.41, 5.74) is 6.23. The van der Waals surface area contributed by atoms with Crippen LogP contribution in [-0.4, -0.2) is 63.8 Å². The number of nitrogens with zero attached hydrogens (tertiary/aromatic N) is 6. The Bertz CT molecular complexity index is 1200. The summed E-state index contributed by atoms with van der Waals surface area (Å²) in [5.74, 6) is -0.728. The largest absolute Gasteiger partial charge is 0.490 e. The number of halogens is 3. The zero-order chi connectivity index (χ0) is 25.4. The lowest BCUT2D eigenvalue weighted by atomic mass is 9.94. The van der Waals surface area contributed by atoms with E-state index in [0.29, 0.717) is 55.8 Å². The third-order valence-corrected chi connectivity index (χ3v) is 6.58. The van der Waals surface area contributed by atoms with Crippen molar-refractivity contribution in [1.82, 2.24) is 25.0 Å². The van der Waals surface area contributed by atoms with Crippen molar-refractivity contribution in [2.24, 2.45) is 11.7 Å². The quantitative estimate of drug-likeness (QED) is 0.465. The molecule has 0 spiro atoms. The fraction of sp³-hybridized carbons (Fsp3) is 0.500. The predicted octanol–water partition coefficient (Wildman–Crippen LogP) is 2.84. The summed E-state index contributed by atoms with van der Waals surface area (Å²) in [6.45, 7) is 7.59. The Balaban J connectivity index is 1.10. The van der Waals surface area contributed by atoms with Crippen molar-refractivity contribution in [2.75, 3.05) is 37.7 Å². The molecule has 0 saturated carbocycles. The molecule has 36 heavy (non-hydrogen) atoms. The molecule has 2 aliphatic heterocycles. The summed E-state index contributed by atoms with van der Waals surface area (Å²) in [7, 11) is 0. The molecule has 5 rings (SSSR count). The molecule has 192 valence electrons. The summed E-state index contributed by atoms with van der Waals surface area (Å²) >= 11 is 0. The minimum absolute atomic E-state index is 0.0536. The van der Waals surface area contributed by atoms with E-state index in [0.717, 1.165) is 25.0 Å². The van der Waals surface area contributed by atoms with Crippen LogP contribution in [0.5, 0.6) is 5.75 Å². The zero-order valence-electron chi connectivity index (χ0n) is 20.1. The van der Waals surface area contributed by atoms with Crippen molar-refractivity contribution >= 4 is 5.95 Å². The molecule has 2 fully saturated rings. The van der Waals surface area contributed by atoms with Crippen LogP contribution in [-0.2, 0) is 6.54 Å². The third-order valence-electron chi connectivity index (χ3n) is 6.58. The van der Waals surface area contributed by atoms with Gasteiger partial charge in [-0.1, -0.05) is 19.0 Å². The van der Waals surface area contributed by atoms with E-state index < -0.39 is 29.4 Å². The molecular weight excluding hydrogens is 475 g/mol. The minimum Gasteiger partial charge on any atom is -0.490 e. The van der Waals surface area contributed by atoms with Crippen LogP contribution in [0.3, 0.4) is 0 Å². The number of nitrogens with two attached hydrogens (primary N) is 1. The van der Waals surface area contributed by atoms with E-state index >= 15 is 0 Å². The fourth-order valence-corrected chi connectivity index (χ4v) is 4.57. The van der Waals surface area contributed by atoms with Gasteiger partial charge in [0, 0.05) is 56.0 Å². The first-order valence-corrected chi connectivity index (χ1v) is 11.9. The first kappa shape index (κ1) is 24.4. The topological polar surface area (TPSA) is 106 Å². The van der Waals surface area contributed by atoms with Crippen LogP contribution >= 0.6 is 0 Å². The Hall–Kier alpha value is -3.25. The normalized spacial score (nSPS) is 20.8. The minimum atomic E-state index is -1.22. The summed E-state index contributed by atoms with van der Waals surface area (Å²) in [6, 6.07) is 0.954. The van der Waals surface area contributed by atoms with Gasteiger partial charge in [0.1, 0.15) is 5.82 Å². The molecule has 12 heteroatoms. The SMILES string of the molecule is CC(C)c1noc(CN2CC(COc3cnc(N4CC(N)C(c5cc(F)c(F)cc5F)C4)nc3)C2)n1. The average molecular weight is 504 g/mol. The second-order valence-corrected chi connectivity index (χ2v) is 9.75. The van der Waals surface area contributed by atoms with Gasteiger partial charge in [0.15, 0.2) is 23.2 Å². The number of benzene rings is 1. The summed E-state index contributed by atoms with van der Waals surface area (Å²) in [6.07, 6.45) is 3.17. The summed E-state index contributed by atoms with van der Waals surface area (Å²) in [5, 5.41) is 3.98. The number of hydrogen-bond acceptors (Lipinski definition) is 9. The van der Waals surface area contributed by atoms with Gasteiger partial charge < -0.3 is 19.9 Å². The number of likely N-dealkylation sites (tertiary alicyclic amines) is 1. The molecule has 1 aromatic carbocycles. The maximum atomic E-state index is 14.2. The van der Waals surface area contributed by atoms with Crippen LogP contribution in [0.4, 0.5) is 19.1 Å². The van der Waals surface area contributed by atoms with E-state index in [4.69, 9.17) is 15.0 Å². The lowest BCUT2D eigenvalue weighted by Gasteiger charge is -2.37. The summed E-state index contributed by atoms with van der Waals surface area (Å²) < 4.78 is 52.3. The van der Waals surface area contributed by atoms with Gasteiger partial charge in [0.2, 0.25) is 11.8 Å². The molecule has 2 atom stereocenters. The van der Waals surface area contributed by atoms with Gasteiger partial charge >= 0.3 is 0 Å². The molecule has 0 bridgehead atoms. The van der Waals surface area contributed by atoms with Crippen molar-refractivity contribution in [1.29, 1.82) is 0 Å². The first-order chi connectivity index (χ1) is 17.3. The molecule has 2 saturated heterocycles. The van der Waals surface area contributed by atoms with Crippen LogP contribution in [0, 0.1) is 23.4 Å². The van der Waals surface area contributed by atoms with Crippen LogP contribution in [0.15, 0.2) is 29.0 Å². The highest BCUT2D eigenvalue weighted by molar-refractivity contribution is 5.39. The zero-order valence-corrected chi connectivity index (χ0v) is 20.1. The van der Waals surface area contributed by atoms with Gasteiger partial charge in [-0.25, -0.2) is 23.1 Å². The molecular formula is C24H28F3N7O2. The number of aromatic nitrogens is 4. The second kappa shape index (κ2) is 10.0. The number of rotatable bonds is 8. The highest BCUT2D eigenvalue weighted by Gasteiger charge is 2.35. The molecule has 2 unspecified atom stereocenters. The van der Waals surface area contributed by atoms with Crippen LogP contribution < -0.4 is 15.4 Å². The van der Waals surface area contributed by atoms with E-state index in [1.165, 1.54) is 0 Å². The molecule has 2 aliphatic rings. The molecule has 2 N–H and O–H groups in total. The fourth-order valence-electron chi connectivity index (χ4n) is 4.57. The predicted molar refractivity (Wildman–Crippen MR) is 124 cm³/mol. The lowest BCUT2D eigenvalue weighted by molar-refractivity contribution is 0.0472. The van der Waals surface area contributed by atoms with E-state index in [9.17, 15) is 13.2 Å². The molecule has 3 aromatic rings. The molecule has 9 nitrogen and oxygen atoms in total. The Morgan fingerprint density at radius 2 is 1.78 bits per heavy atom. The smallest absolute Gasteiger partial charge is 0.240 e. The molecule has 0 aliphatic carbocycles. The average Bonchev–Trinajstić information content (AvgIpc) is 3.45. The van der Waals surface area contributed by atoms with Crippen molar-refractivity contribution in [3.05, 3.63) is 59.3 Å². The van der Waals surface area contributed by atoms with Crippen LogP contribution in [0.1, 0.15) is 43.0 Å². The lowest BCUT2D eigenvalue weighted by Crippen LogP contribution is -2.48. The molecule has 2 aromatic heterocycles. The number of ether oxygens (including phenoxy) is 1. The second-order valence-electron chi connectivity index (χ2n) is 9.75. The van der Waals surface area contributed by atoms with Crippen LogP contribution in [0.2, 0.25) is 0 Å². The molecule has 0 amide bonds. The Morgan fingerprint density at radius 3 is 2.47 bits per heavy atom. The van der Waals surface area contributed by atoms with E-state index in [2.05, 4.69) is 25.0 Å². The maximum absolute atomic E-state index is 14.2. The Kier molecular flexibility index (Phi) is 6.80. The van der Waals surface area contributed by atoms with Gasteiger partial charge in [-0.3, -0.25) is 4.90 Å². The third kappa shape index (κ3) is 5.14. The van der Waals surface area contributed by atoms with E-state index in [-0.39, 0.29) is 11.5 Å². The van der Waals surface area contributed by atoms with Crippen molar-refractivity contribution < 1.29 is 22.4 Å². The van der Waals surface area contributed by atoms with Crippen LogP contribution in [0.25, 0.3) is 0 Å². The van der Waals surface area contributed by atoms with Gasteiger partial charge in [0.05, 0.1) is 25.5 Å². The van der Waals surface area contributed by atoms with Crippen molar-refractivity contribution in [2.45, 2.75) is 38.3 Å². The Labute approximate surface area is 206 Å². The molecule has 4 heterocycles. The standard InChI is InChI=1S/C24H28F3N7O2/c1-13(2)23-31-22(36-32-23)11-33-7-14(8-33)12-35-15-5-29-24(30-6-15)34-9-17(21(28)10-34)16-3-19(26)20(27)4-18(16)25/h3-6,13-14,17,21H,7-12,28H2,1-2H3. The number of anilines is 1. The first-order valence-electron chi connectivity index (χ1n) is 11.9. The highest BCUT2D eigenvalue weighted by Crippen LogP contribution is 2.31.